The lowest BCUT2D eigenvalue weighted by Crippen LogP contribution is -2.50. The second kappa shape index (κ2) is 8.10. The second-order valence-corrected chi connectivity index (χ2v) is 6.45. The van der Waals surface area contributed by atoms with Crippen molar-refractivity contribution >= 4 is 28.9 Å². The summed E-state index contributed by atoms with van der Waals surface area (Å²) in [4.78, 5) is 26.2. The van der Waals surface area contributed by atoms with Crippen LogP contribution in [0, 0.1) is 0 Å². The maximum absolute atomic E-state index is 13.4. The highest BCUT2D eigenvalue weighted by Gasteiger charge is 2.62. The fourth-order valence-electron chi connectivity index (χ4n) is 2.49. The molecule has 0 bridgehead atoms. The van der Waals surface area contributed by atoms with Crippen molar-refractivity contribution in [2.45, 2.75) is 25.6 Å². The summed E-state index contributed by atoms with van der Waals surface area (Å²) < 4.78 is 44.6. The van der Waals surface area contributed by atoms with Gasteiger partial charge in [0, 0.05) is 17.8 Å². The smallest absolute Gasteiger partial charge is 0.432 e. The molecular weight excluding hydrogens is 383 g/mol. The van der Waals surface area contributed by atoms with Crippen molar-refractivity contribution in [3.05, 3.63) is 52.2 Å². The van der Waals surface area contributed by atoms with Crippen molar-refractivity contribution in [2.75, 3.05) is 18.1 Å². The Bertz CT molecular complexity index is 790. The first-order valence-electron chi connectivity index (χ1n) is 8.09. The van der Waals surface area contributed by atoms with Gasteiger partial charge in [-0.2, -0.15) is 13.2 Å². The van der Waals surface area contributed by atoms with Gasteiger partial charge >= 0.3 is 12.1 Å². The molecule has 1 aromatic carbocycles. The van der Waals surface area contributed by atoms with Crippen LogP contribution in [0.2, 0.25) is 0 Å². The molecule has 0 saturated carbocycles. The number of rotatable bonds is 6. The largest absolute Gasteiger partial charge is 0.463 e. The first-order valence-corrected chi connectivity index (χ1v) is 8.97. The summed E-state index contributed by atoms with van der Waals surface area (Å²) >= 11 is 1.25. The Morgan fingerprint density at radius 2 is 1.78 bits per heavy atom. The molecule has 0 aliphatic heterocycles. The maximum Gasteiger partial charge on any atom is 0.432 e. The molecule has 0 spiro atoms. The number of hydrogen-bond acceptors (Lipinski definition) is 5. The molecule has 1 N–H and O–H groups in total. The molecule has 1 atom stereocenters. The van der Waals surface area contributed by atoms with Gasteiger partial charge in [0.2, 0.25) is 0 Å². The number of hydrogen-bond donors (Lipinski definition) is 1. The summed E-state index contributed by atoms with van der Waals surface area (Å²) in [6.45, 7) is 3.04. The fourth-order valence-corrected chi connectivity index (χ4v) is 3.16. The number of halogens is 3. The molecule has 2 aromatic rings. The number of thiophene rings is 1. The lowest BCUT2D eigenvalue weighted by Gasteiger charge is -2.29. The molecule has 146 valence electrons. The number of benzene rings is 1. The van der Waals surface area contributed by atoms with Gasteiger partial charge in [-0.15, -0.1) is 11.3 Å². The first kappa shape index (κ1) is 20.9. The summed E-state index contributed by atoms with van der Waals surface area (Å²) in [5, 5.41) is 11.8. The summed E-state index contributed by atoms with van der Waals surface area (Å²) in [6, 6.07) is 7.79. The number of carbonyl (C=O) groups is 2. The van der Waals surface area contributed by atoms with Crippen LogP contribution in [-0.2, 0) is 15.1 Å². The number of aliphatic hydroxyl groups is 1. The Balaban J connectivity index is 2.39. The van der Waals surface area contributed by atoms with Crippen molar-refractivity contribution in [3.8, 4) is 0 Å². The van der Waals surface area contributed by atoms with E-state index in [1.54, 1.807) is 24.4 Å². The predicted molar refractivity (Wildman–Crippen MR) is 94.7 cm³/mol. The standard InChI is InChI=1S/C18H18F3NO4S/c1-3-22(15(23)14-6-5-11-27-14)13-9-7-12(8-10-13)17(25,18(19,20)21)16(24)26-4-2/h5-11,25H,3-4H2,1-2H3/t17-/m0/s1. The number of alkyl halides is 3. The number of amides is 1. The summed E-state index contributed by atoms with van der Waals surface area (Å²) in [7, 11) is 0. The highest BCUT2D eigenvalue weighted by atomic mass is 32.1. The molecule has 1 aromatic heterocycles. The minimum absolute atomic E-state index is 0.289. The van der Waals surface area contributed by atoms with Gasteiger partial charge in [-0.1, -0.05) is 18.2 Å². The molecule has 2 rings (SSSR count). The van der Waals surface area contributed by atoms with Crippen molar-refractivity contribution < 1.29 is 32.6 Å². The summed E-state index contributed by atoms with van der Waals surface area (Å²) in [5.74, 6) is -2.09. The number of esters is 1. The van der Waals surface area contributed by atoms with E-state index in [1.807, 2.05) is 0 Å². The Kier molecular flexibility index (Phi) is 6.27. The van der Waals surface area contributed by atoms with Gasteiger partial charge in [0.05, 0.1) is 11.5 Å². The Morgan fingerprint density at radius 1 is 1.15 bits per heavy atom. The fraction of sp³-hybridized carbons (Fsp3) is 0.333. The quantitative estimate of drug-likeness (QED) is 0.749. The highest BCUT2D eigenvalue weighted by molar-refractivity contribution is 7.12. The number of carbonyl (C=O) groups excluding carboxylic acids is 2. The van der Waals surface area contributed by atoms with Crippen LogP contribution in [0.25, 0.3) is 0 Å². The number of nitrogens with zero attached hydrogens (tertiary/aromatic N) is 1. The van der Waals surface area contributed by atoms with Crippen molar-refractivity contribution in [3.63, 3.8) is 0 Å². The molecule has 0 fully saturated rings. The first-order chi connectivity index (χ1) is 12.7. The molecule has 0 radical (unpaired) electrons. The van der Waals surface area contributed by atoms with Gasteiger partial charge in [-0.05, 0) is 37.4 Å². The molecular formula is C18H18F3NO4S. The molecule has 1 amide bonds. The Hall–Kier alpha value is -2.39. The lowest BCUT2D eigenvalue weighted by atomic mass is 9.93. The zero-order chi connectivity index (χ0) is 20.2. The molecule has 1 heterocycles. The van der Waals surface area contributed by atoms with Crippen molar-refractivity contribution in [1.29, 1.82) is 0 Å². The normalized spacial score (nSPS) is 13.7. The van der Waals surface area contributed by atoms with E-state index in [-0.39, 0.29) is 19.1 Å². The molecule has 0 unspecified atom stereocenters. The zero-order valence-electron chi connectivity index (χ0n) is 14.6. The summed E-state index contributed by atoms with van der Waals surface area (Å²) in [6.07, 6.45) is -5.27. The highest BCUT2D eigenvalue weighted by Crippen LogP contribution is 2.40. The van der Waals surface area contributed by atoms with Crippen LogP contribution in [0.1, 0.15) is 29.1 Å². The average Bonchev–Trinajstić information content (AvgIpc) is 3.16. The van der Waals surface area contributed by atoms with Gasteiger partial charge in [0.25, 0.3) is 11.5 Å². The monoisotopic (exact) mass is 401 g/mol. The molecule has 0 aliphatic carbocycles. The van der Waals surface area contributed by atoms with E-state index in [1.165, 1.54) is 35.3 Å². The third kappa shape index (κ3) is 3.98. The van der Waals surface area contributed by atoms with Crippen molar-refractivity contribution in [1.82, 2.24) is 0 Å². The zero-order valence-corrected chi connectivity index (χ0v) is 15.4. The maximum atomic E-state index is 13.4. The van der Waals surface area contributed by atoms with Crippen LogP contribution in [-0.4, -0.2) is 36.3 Å². The van der Waals surface area contributed by atoms with Gasteiger partial charge in [-0.25, -0.2) is 4.79 Å². The van der Waals surface area contributed by atoms with E-state index in [0.717, 1.165) is 12.1 Å². The number of anilines is 1. The van der Waals surface area contributed by atoms with Crippen LogP contribution in [0.3, 0.4) is 0 Å². The third-order valence-corrected chi connectivity index (χ3v) is 4.73. The molecule has 0 aliphatic rings. The minimum Gasteiger partial charge on any atom is -0.463 e. The van der Waals surface area contributed by atoms with E-state index in [0.29, 0.717) is 10.6 Å². The van der Waals surface area contributed by atoms with Crippen LogP contribution in [0.5, 0.6) is 0 Å². The van der Waals surface area contributed by atoms with Crippen molar-refractivity contribution in [2.24, 2.45) is 0 Å². The summed E-state index contributed by atoms with van der Waals surface area (Å²) in [5.41, 5.74) is -4.12. The predicted octanol–water partition coefficient (Wildman–Crippen LogP) is 3.73. The van der Waals surface area contributed by atoms with Gasteiger partial charge < -0.3 is 14.7 Å². The Labute approximate surface area is 158 Å². The van der Waals surface area contributed by atoms with Gasteiger partial charge in [0.15, 0.2) is 0 Å². The Morgan fingerprint density at radius 3 is 2.22 bits per heavy atom. The van der Waals surface area contributed by atoms with Crippen LogP contribution in [0.15, 0.2) is 41.8 Å². The van der Waals surface area contributed by atoms with E-state index in [9.17, 15) is 27.9 Å². The van der Waals surface area contributed by atoms with E-state index < -0.39 is 23.3 Å². The molecule has 0 saturated heterocycles. The van der Waals surface area contributed by atoms with E-state index in [2.05, 4.69) is 4.74 Å². The van der Waals surface area contributed by atoms with E-state index >= 15 is 0 Å². The SMILES string of the molecule is CCOC(=O)[C@@](O)(c1ccc(N(CC)C(=O)c2cccs2)cc1)C(F)(F)F. The average molecular weight is 401 g/mol. The van der Waals surface area contributed by atoms with Gasteiger partial charge in [-0.3, -0.25) is 4.79 Å². The molecule has 27 heavy (non-hydrogen) atoms. The topological polar surface area (TPSA) is 66.8 Å². The molecule has 9 heteroatoms. The van der Waals surface area contributed by atoms with Crippen LogP contribution >= 0.6 is 11.3 Å². The minimum atomic E-state index is -5.27. The molecule has 5 nitrogen and oxygen atoms in total. The van der Waals surface area contributed by atoms with Crippen LogP contribution < -0.4 is 4.90 Å². The second-order valence-electron chi connectivity index (χ2n) is 5.50. The lowest BCUT2D eigenvalue weighted by molar-refractivity contribution is -0.267. The van der Waals surface area contributed by atoms with Gasteiger partial charge in [0.1, 0.15) is 0 Å². The van der Waals surface area contributed by atoms with Crippen LogP contribution in [0.4, 0.5) is 18.9 Å². The number of ether oxygens (including phenoxy) is 1. The third-order valence-electron chi connectivity index (χ3n) is 3.87. The van der Waals surface area contributed by atoms with E-state index in [4.69, 9.17) is 0 Å².